The highest BCUT2D eigenvalue weighted by atomic mass is 16.5. The minimum atomic E-state index is 0.777. The predicted octanol–water partition coefficient (Wildman–Crippen LogP) is 2.37. The highest BCUT2D eigenvalue weighted by Gasteiger charge is 2.12. The zero-order valence-corrected chi connectivity index (χ0v) is 8.95. The summed E-state index contributed by atoms with van der Waals surface area (Å²) in [6, 6.07) is 10.1. The SMILES string of the molecule is CNCc1c(-c2ccccc2)noc1C. The van der Waals surface area contributed by atoms with Crippen LogP contribution < -0.4 is 5.32 Å². The Hall–Kier alpha value is -1.61. The Morgan fingerprint density at radius 3 is 2.67 bits per heavy atom. The van der Waals surface area contributed by atoms with Gasteiger partial charge >= 0.3 is 0 Å². The van der Waals surface area contributed by atoms with Gasteiger partial charge in [-0.05, 0) is 14.0 Å². The van der Waals surface area contributed by atoms with Crippen molar-refractivity contribution in [3.63, 3.8) is 0 Å². The maximum Gasteiger partial charge on any atom is 0.138 e. The van der Waals surface area contributed by atoms with Crippen LogP contribution in [-0.2, 0) is 6.54 Å². The van der Waals surface area contributed by atoms with Gasteiger partial charge in [-0.2, -0.15) is 0 Å². The van der Waals surface area contributed by atoms with Crippen molar-refractivity contribution in [3.05, 3.63) is 41.7 Å². The van der Waals surface area contributed by atoms with Crippen LogP contribution >= 0.6 is 0 Å². The van der Waals surface area contributed by atoms with Gasteiger partial charge in [-0.1, -0.05) is 35.5 Å². The monoisotopic (exact) mass is 202 g/mol. The number of benzene rings is 1. The molecular weight excluding hydrogens is 188 g/mol. The van der Waals surface area contributed by atoms with Crippen LogP contribution in [0.2, 0.25) is 0 Å². The highest BCUT2D eigenvalue weighted by molar-refractivity contribution is 5.63. The average Bonchev–Trinajstić information content (AvgIpc) is 2.63. The molecule has 0 saturated carbocycles. The molecule has 15 heavy (non-hydrogen) atoms. The Labute approximate surface area is 89.1 Å². The summed E-state index contributed by atoms with van der Waals surface area (Å²) in [7, 11) is 1.92. The van der Waals surface area contributed by atoms with E-state index in [0.717, 1.165) is 29.1 Å². The number of hydrogen-bond donors (Lipinski definition) is 1. The minimum Gasteiger partial charge on any atom is -0.361 e. The summed E-state index contributed by atoms with van der Waals surface area (Å²) < 4.78 is 5.21. The van der Waals surface area contributed by atoms with Gasteiger partial charge in [-0.25, -0.2) is 0 Å². The van der Waals surface area contributed by atoms with Gasteiger partial charge in [0, 0.05) is 17.7 Å². The fourth-order valence-corrected chi connectivity index (χ4v) is 1.60. The number of aromatic nitrogens is 1. The molecule has 0 fully saturated rings. The van der Waals surface area contributed by atoms with Crippen molar-refractivity contribution in [1.82, 2.24) is 10.5 Å². The molecule has 0 spiro atoms. The average molecular weight is 202 g/mol. The lowest BCUT2D eigenvalue weighted by molar-refractivity contribution is 0.398. The van der Waals surface area contributed by atoms with E-state index in [9.17, 15) is 0 Å². The zero-order chi connectivity index (χ0) is 10.7. The van der Waals surface area contributed by atoms with E-state index in [1.54, 1.807) is 0 Å². The lowest BCUT2D eigenvalue weighted by Crippen LogP contribution is -2.06. The van der Waals surface area contributed by atoms with Crippen molar-refractivity contribution >= 4 is 0 Å². The highest BCUT2D eigenvalue weighted by Crippen LogP contribution is 2.24. The van der Waals surface area contributed by atoms with Crippen molar-refractivity contribution in [2.24, 2.45) is 0 Å². The Morgan fingerprint density at radius 1 is 1.27 bits per heavy atom. The Kier molecular flexibility index (Phi) is 2.83. The Bertz CT molecular complexity index is 434. The van der Waals surface area contributed by atoms with E-state index in [0.29, 0.717) is 0 Å². The summed E-state index contributed by atoms with van der Waals surface area (Å²) in [5, 5.41) is 7.21. The van der Waals surface area contributed by atoms with Crippen molar-refractivity contribution in [1.29, 1.82) is 0 Å². The molecule has 2 rings (SSSR count). The molecule has 78 valence electrons. The van der Waals surface area contributed by atoms with E-state index in [1.807, 2.05) is 44.3 Å². The lowest BCUT2D eigenvalue weighted by atomic mass is 10.1. The van der Waals surface area contributed by atoms with E-state index in [1.165, 1.54) is 0 Å². The molecule has 3 nitrogen and oxygen atoms in total. The fraction of sp³-hybridized carbons (Fsp3) is 0.250. The summed E-state index contributed by atoms with van der Waals surface area (Å²) >= 11 is 0. The predicted molar refractivity (Wildman–Crippen MR) is 59.4 cm³/mol. The van der Waals surface area contributed by atoms with Crippen molar-refractivity contribution in [2.45, 2.75) is 13.5 Å². The van der Waals surface area contributed by atoms with Gasteiger partial charge in [-0.15, -0.1) is 0 Å². The van der Waals surface area contributed by atoms with Gasteiger partial charge < -0.3 is 9.84 Å². The normalized spacial score (nSPS) is 10.5. The van der Waals surface area contributed by atoms with E-state index < -0.39 is 0 Å². The summed E-state index contributed by atoms with van der Waals surface area (Å²) in [5.41, 5.74) is 3.16. The third kappa shape index (κ3) is 1.92. The first kappa shape index (κ1) is 9.93. The van der Waals surface area contributed by atoms with E-state index in [-0.39, 0.29) is 0 Å². The molecular formula is C12H14N2O. The molecule has 0 aliphatic carbocycles. The first-order valence-electron chi connectivity index (χ1n) is 4.98. The van der Waals surface area contributed by atoms with Crippen molar-refractivity contribution in [3.8, 4) is 11.3 Å². The molecule has 1 aromatic carbocycles. The van der Waals surface area contributed by atoms with Gasteiger partial charge in [-0.3, -0.25) is 0 Å². The number of hydrogen-bond acceptors (Lipinski definition) is 3. The second-order valence-electron chi connectivity index (χ2n) is 3.46. The smallest absolute Gasteiger partial charge is 0.138 e. The van der Waals surface area contributed by atoms with Crippen molar-refractivity contribution in [2.75, 3.05) is 7.05 Å². The van der Waals surface area contributed by atoms with E-state index in [4.69, 9.17) is 4.52 Å². The van der Waals surface area contributed by atoms with Gasteiger partial charge in [0.25, 0.3) is 0 Å². The van der Waals surface area contributed by atoms with Crippen LogP contribution in [0.15, 0.2) is 34.9 Å². The van der Waals surface area contributed by atoms with Crippen LogP contribution in [-0.4, -0.2) is 12.2 Å². The first-order valence-corrected chi connectivity index (χ1v) is 4.98. The van der Waals surface area contributed by atoms with E-state index in [2.05, 4.69) is 10.5 Å². The van der Waals surface area contributed by atoms with Gasteiger partial charge in [0.2, 0.25) is 0 Å². The third-order valence-corrected chi connectivity index (χ3v) is 2.39. The number of rotatable bonds is 3. The molecule has 0 bridgehead atoms. The van der Waals surface area contributed by atoms with Crippen LogP contribution in [0.1, 0.15) is 11.3 Å². The topological polar surface area (TPSA) is 38.1 Å². The molecule has 1 N–H and O–H groups in total. The van der Waals surface area contributed by atoms with Crippen LogP contribution in [0.3, 0.4) is 0 Å². The quantitative estimate of drug-likeness (QED) is 0.830. The molecule has 1 heterocycles. The molecule has 0 amide bonds. The number of nitrogens with zero attached hydrogens (tertiary/aromatic N) is 1. The summed E-state index contributed by atoms with van der Waals surface area (Å²) in [6.07, 6.45) is 0. The molecule has 0 radical (unpaired) electrons. The molecule has 0 aliphatic rings. The lowest BCUT2D eigenvalue weighted by Gasteiger charge is -2.00. The largest absolute Gasteiger partial charge is 0.361 e. The fourth-order valence-electron chi connectivity index (χ4n) is 1.60. The Balaban J connectivity index is 2.44. The molecule has 0 aliphatic heterocycles. The second kappa shape index (κ2) is 4.28. The molecule has 0 saturated heterocycles. The first-order chi connectivity index (χ1) is 7.33. The van der Waals surface area contributed by atoms with Crippen LogP contribution in [0.5, 0.6) is 0 Å². The molecule has 3 heteroatoms. The number of aryl methyl sites for hydroxylation is 1. The standard InChI is InChI=1S/C12H14N2O/c1-9-11(8-13-2)12(14-15-9)10-6-4-3-5-7-10/h3-7,13H,8H2,1-2H3. The summed E-state index contributed by atoms with van der Waals surface area (Å²) in [5.74, 6) is 0.878. The van der Waals surface area contributed by atoms with E-state index >= 15 is 0 Å². The van der Waals surface area contributed by atoms with Crippen LogP contribution in [0.4, 0.5) is 0 Å². The maximum atomic E-state index is 5.21. The second-order valence-corrected chi connectivity index (χ2v) is 3.46. The zero-order valence-electron chi connectivity index (χ0n) is 8.95. The summed E-state index contributed by atoms with van der Waals surface area (Å²) in [4.78, 5) is 0. The van der Waals surface area contributed by atoms with Crippen LogP contribution in [0.25, 0.3) is 11.3 Å². The Morgan fingerprint density at radius 2 is 2.00 bits per heavy atom. The molecule has 1 aromatic heterocycles. The van der Waals surface area contributed by atoms with Gasteiger partial charge in [0.05, 0.1) is 0 Å². The summed E-state index contributed by atoms with van der Waals surface area (Å²) in [6.45, 7) is 2.71. The molecule has 2 aromatic rings. The maximum absolute atomic E-state index is 5.21. The van der Waals surface area contributed by atoms with Gasteiger partial charge in [0.15, 0.2) is 0 Å². The molecule has 0 unspecified atom stereocenters. The van der Waals surface area contributed by atoms with Crippen molar-refractivity contribution < 1.29 is 4.52 Å². The van der Waals surface area contributed by atoms with Gasteiger partial charge in [0.1, 0.15) is 11.5 Å². The molecule has 0 atom stereocenters. The third-order valence-electron chi connectivity index (χ3n) is 2.39. The number of nitrogens with one attached hydrogen (secondary N) is 1. The minimum absolute atomic E-state index is 0.777. The van der Waals surface area contributed by atoms with Crippen LogP contribution in [0, 0.1) is 6.92 Å².